The zero-order valence-corrected chi connectivity index (χ0v) is 10.9. The molecule has 0 aromatic heterocycles. The lowest BCUT2D eigenvalue weighted by Crippen LogP contribution is -2.30. The maximum absolute atomic E-state index is 13.1. The number of aliphatic hydroxyl groups excluding tert-OH is 1. The summed E-state index contributed by atoms with van der Waals surface area (Å²) in [6.07, 6.45) is -0.690. The molecule has 0 aliphatic carbocycles. The van der Waals surface area contributed by atoms with E-state index in [0.717, 1.165) is 0 Å². The van der Waals surface area contributed by atoms with Crippen LogP contribution in [0.4, 0.5) is 4.39 Å². The van der Waals surface area contributed by atoms with Gasteiger partial charge in [-0.05, 0) is 29.5 Å². The fraction of sp³-hybridized carbons (Fsp3) is 0.500. The Morgan fingerprint density at radius 3 is 2.44 bits per heavy atom. The van der Waals surface area contributed by atoms with Crippen molar-refractivity contribution in [2.45, 2.75) is 39.2 Å². The van der Waals surface area contributed by atoms with Crippen molar-refractivity contribution in [1.29, 1.82) is 0 Å². The van der Waals surface area contributed by atoms with Crippen molar-refractivity contribution < 1.29 is 19.4 Å². The molecule has 0 saturated carbocycles. The van der Waals surface area contributed by atoms with Crippen LogP contribution >= 0.6 is 0 Å². The summed E-state index contributed by atoms with van der Waals surface area (Å²) in [7, 11) is 0. The van der Waals surface area contributed by atoms with Crippen LogP contribution < -0.4 is 0 Å². The highest BCUT2D eigenvalue weighted by atomic mass is 19.1. The second-order valence-corrected chi connectivity index (χ2v) is 5.56. The third-order valence-electron chi connectivity index (χ3n) is 3.01. The molecule has 2 N–H and O–H groups in total. The topological polar surface area (TPSA) is 57.5 Å². The van der Waals surface area contributed by atoms with Crippen LogP contribution in [0.1, 0.15) is 38.7 Å². The van der Waals surface area contributed by atoms with Crippen molar-refractivity contribution in [3.8, 4) is 0 Å². The van der Waals surface area contributed by atoms with E-state index in [4.69, 9.17) is 0 Å². The fourth-order valence-corrected chi connectivity index (χ4v) is 1.68. The summed E-state index contributed by atoms with van der Waals surface area (Å²) in [5.41, 5.74) is -0.0214. The fourth-order valence-electron chi connectivity index (χ4n) is 1.68. The molecule has 1 aromatic rings. The molecule has 2 atom stereocenters. The number of hydrogen-bond acceptors (Lipinski definition) is 2. The third kappa shape index (κ3) is 3.81. The number of carboxylic acids is 1. The summed E-state index contributed by atoms with van der Waals surface area (Å²) >= 11 is 0. The molecule has 3 nitrogen and oxygen atoms in total. The lowest BCUT2D eigenvalue weighted by Gasteiger charge is -2.28. The molecule has 2 unspecified atom stereocenters. The van der Waals surface area contributed by atoms with Crippen LogP contribution in [0.5, 0.6) is 0 Å². The molecule has 0 aliphatic heterocycles. The number of aliphatic carboxylic acids is 1. The van der Waals surface area contributed by atoms with Crippen LogP contribution in [0.3, 0.4) is 0 Å². The van der Waals surface area contributed by atoms with E-state index in [1.54, 1.807) is 6.07 Å². The van der Waals surface area contributed by atoms with Crippen molar-refractivity contribution >= 4 is 5.97 Å². The van der Waals surface area contributed by atoms with Gasteiger partial charge in [-0.25, -0.2) is 4.39 Å². The molecule has 0 bridgehead atoms. The Kier molecular flexibility index (Phi) is 4.46. The van der Waals surface area contributed by atoms with Gasteiger partial charge in [0.1, 0.15) is 5.82 Å². The van der Waals surface area contributed by atoms with Crippen LogP contribution in [-0.2, 0) is 4.79 Å². The number of hydrogen-bond donors (Lipinski definition) is 2. The lowest BCUT2D eigenvalue weighted by molar-refractivity contribution is -0.140. The SMILES string of the molecule is CC(C)(C)C(O)CC(C(=O)O)c1cccc(F)c1. The smallest absolute Gasteiger partial charge is 0.311 e. The maximum Gasteiger partial charge on any atom is 0.311 e. The van der Waals surface area contributed by atoms with Crippen molar-refractivity contribution in [2.75, 3.05) is 0 Å². The molecule has 0 fully saturated rings. The highest BCUT2D eigenvalue weighted by Gasteiger charge is 2.30. The second kappa shape index (κ2) is 5.48. The average molecular weight is 254 g/mol. The number of carbonyl (C=O) groups is 1. The Labute approximate surface area is 106 Å². The first kappa shape index (κ1) is 14.6. The van der Waals surface area contributed by atoms with E-state index in [0.29, 0.717) is 5.56 Å². The van der Waals surface area contributed by atoms with Gasteiger partial charge >= 0.3 is 5.97 Å². The van der Waals surface area contributed by atoms with Crippen LogP contribution in [0.15, 0.2) is 24.3 Å². The average Bonchev–Trinajstić information content (AvgIpc) is 2.23. The molecule has 0 heterocycles. The lowest BCUT2D eigenvalue weighted by atomic mass is 9.81. The van der Waals surface area contributed by atoms with E-state index < -0.39 is 29.2 Å². The van der Waals surface area contributed by atoms with Crippen LogP contribution in [0.25, 0.3) is 0 Å². The summed E-state index contributed by atoms with van der Waals surface area (Å²) in [6.45, 7) is 5.51. The first-order valence-corrected chi connectivity index (χ1v) is 5.88. The van der Waals surface area contributed by atoms with Gasteiger partial charge in [-0.15, -0.1) is 0 Å². The van der Waals surface area contributed by atoms with E-state index in [2.05, 4.69) is 0 Å². The number of benzene rings is 1. The van der Waals surface area contributed by atoms with Gasteiger partial charge in [-0.1, -0.05) is 32.9 Å². The molecule has 0 spiro atoms. The number of halogens is 1. The normalized spacial score (nSPS) is 15.2. The summed E-state index contributed by atoms with van der Waals surface area (Å²) < 4.78 is 13.1. The molecular weight excluding hydrogens is 235 g/mol. The Balaban J connectivity index is 2.94. The third-order valence-corrected chi connectivity index (χ3v) is 3.01. The molecule has 0 radical (unpaired) electrons. The Morgan fingerprint density at radius 2 is 2.00 bits per heavy atom. The van der Waals surface area contributed by atoms with Gasteiger partial charge in [-0.2, -0.15) is 0 Å². The van der Waals surface area contributed by atoms with Gasteiger partial charge in [0.15, 0.2) is 0 Å². The molecule has 4 heteroatoms. The summed E-state index contributed by atoms with van der Waals surface area (Å²) in [6, 6.07) is 5.51. The van der Waals surface area contributed by atoms with Crippen molar-refractivity contribution in [2.24, 2.45) is 5.41 Å². The van der Waals surface area contributed by atoms with Gasteiger partial charge in [0.05, 0.1) is 12.0 Å². The largest absolute Gasteiger partial charge is 0.481 e. The molecular formula is C14H19FO3. The first-order chi connectivity index (χ1) is 8.21. The zero-order chi connectivity index (χ0) is 13.9. The predicted molar refractivity (Wildman–Crippen MR) is 66.9 cm³/mol. The molecule has 0 saturated heterocycles. The standard InChI is InChI=1S/C14H19FO3/c1-14(2,3)12(16)8-11(13(17)18)9-5-4-6-10(15)7-9/h4-7,11-12,16H,8H2,1-3H3,(H,17,18). The van der Waals surface area contributed by atoms with E-state index in [9.17, 15) is 19.4 Å². The molecule has 1 aromatic carbocycles. The minimum atomic E-state index is -1.05. The van der Waals surface area contributed by atoms with Gasteiger partial charge < -0.3 is 10.2 Å². The maximum atomic E-state index is 13.1. The second-order valence-electron chi connectivity index (χ2n) is 5.56. The van der Waals surface area contributed by atoms with E-state index >= 15 is 0 Å². The molecule has 0 aliphatic rings. The highest BCUT2D eigenvalue weighted by Crippen LogP contribution is 2.30. The highest BCUT2D eigenvalue weighted by molar-refractivity contribution is 5.76. The first-order valence-electron chi connectivity index (χ1n) is 5.88. The number of carboxylic acid groups (broad SMARTS) is 1. The minimum Gasteiger partial charge on any atom is -0.481 e. The monoisotopic (exact) mass is 254 g/mol. The van der Waals surface area contributed by atoms with Crippen molar-refractivity contribution in [1.82, 2.24) is 0 Å². The minimum absolute atomic E-state index is 0.0717. The van der Waals surface area contributed by atoms with Crippen LogP contribution in [-0.4, -0.2) is 22.3 Å². The number of rotatable bonds is 4. The van der Waals surface area contributed by atoms with Gasteiger partial charge in [-0.3, -0.25) is 4.79 Å². The molecule has 100 valence electrons. The van der Waals surface area contributed by atoms with Gasteiger partial charge in [0.2, 0.25) is 0 Å². The van der Waals surface area contributed by atoms with Crippen LogP contribution in [0.2, 0.25) is 0 Å². The van der Waals surface area contributed by atoms with Crippen molar-refractivity contribution in [3.63, 3.8) is 0 Å². The Hall–Kier alpha value is -1.42. The van der Waals surface area contributed by atoms with E-state index in [1.165, 1.54) is 18.2 Å². The Bertz CT molecular complexity index is 423. The zero-order valence-electron chi connectivity index (χ0n) is 10.9. The predicted octanol–water partition coefficient (Wildman–Crippen LogP) is 2.79. The summed E-state index contributed by atoms with van der Waals surface area (Å²) in [5.74, 6) is -2.41. The summed E-state index contributed by atoms with van der Waals surface area (Å²) in [5, 5.41) is 19.2. The molecule has 18 heavy (non-hydrogen) atoms. The quantitative estimate of drug-likeness (QED) is 0.868. The summed E-state index contributed by atoms with van der Waals surface area (Å²) in [4.78, 5) is 11.2. The van der Waals surface area contributed by atoms with Crippen molar-refractivity contribution in [3.05, 3.63) is 35.6 Å². The molecule has 1 rings (SSSR count). The van der Waals surface area contributed by atoms with Gasteiger partial charge in [0.25, 0.3) is 0 Å². The molecule has 0 amide bonds. The van der Waals surface area contributed by atoms with E-state index in [1.807, 2.05) is 20.8 Å². The number of aliphatic hydroxyl groups is 1. The van der Waals surface area contributed by atoms with E-state index in [-0.39, 0.29) is 6.42 Å². The Morgan fingerprint density at radius 1 is 1.39 bits per heavy atom. The van der Waals surface area contributed by atoms with Crippen LogP contribution in [0, 0.1) is 11.2 Å². The van der Waals surface area contributed by atoms with Gasteiger partial charge in [0, 0.05) is 0 Å².